The molecule has 2 aromatic carbocycles. The molecule has 1 saturated heterocycles. The number of halogens is 1. The second-order valence-corrected chi connectivity index (χ2v) is 7.70. The second-order valence-electron chi connectivity index (χ2n) is 7.70. The zero-order chi connectivity index (χ0) is 19.5. The lowest BCUT2D eigenvalue weighted by Crippen LogP contribution is -2.33. The molecular formula is C24H28ClNO3. The Morgan fingerprint density at radius 2 is 1.66 bits per heavy atom. The molecule has 0 radical (unpaired) electrons. The van der Waals surface area contributed by atoms with Gasteiger partial charge in [-0.15, -0.1) is 12.4 Å². The highest BCUT2D eigenvalue weighted by Gasteiger charge is 2.28. The number of likely N-dealkylation sites (tertiary alicyclic amines) is 1. The lowest BCUT2D eigenvalue weighted by atomic mass is 9.89. The normalized spacial score (nSPS) is 16.8. The molecule has 5 heteroatoms. The number of carbonyl (C=O) groups excluding carboxylic acids is 1. The Kier molecular flexibility index (Phi) is 6.99. The molecule has 1 heterocycles. The van der Waals surface area contributed by atoms with E-state index < -0.39 is 0 Å². The molecular weight excluding hydrogens is 386 g/mol. The number of fused-ring (bicyclic) bond motifs is 1. The molecule has 0 bridgehead atoms. The minimum Gasteiger partial charge on any atom is -0.493 e. The summed E-state index contributed by atoms with van der Waals surface area (Å²) < 4.78 is 10.7. The highest BCUT2D eigenvalue weighted by atomic mass is 35.5. The van der Waals surface area contributed by atoms with Gasteiger partial charge in [-0.3, -0.25) is 9.69 Å². The lowest BCUT2D eigenvalue weighted by Gasteiger charge is -2.32. The molecule has 0 unspecified atom stereocenters. The van der Waals surface area contributed by atoms with Crippen LogP contribution in [-0.2, 0) is 6.54 Å². The second kappa shape index (κ2) is 9.47. The number of rotatable bonds is 6. The summed E-state index contributed by atoms with van der Waals surface area (Å²) in [6, 6.07) is 14.3. The molecule has 0 N–H and O–H groups in total. The van der Waals surface area contributed by atoms with E-state index >= 15 is 0 Å². The number of methoxy groups -OCH3 is 2. The predicted molar refractivity (Wildman–Crippen MR) is 118 cm³/mol. The van der Waals surface area contributed by atoms with Crippen LogP contribution in [-0.4, -0.2) is 38.0 Å². The van der Waals surface area contributed by atoms with Crippen molar-refractivity contribution < 1.29 is 14.3 Å². The minimum absolute atomic E-state index is 0. The van der Waals surface area contributed by atoms with Gasteiger partial charge < -0.3 is 9.47 Å². The van der Waals surface area contributed by atoms with E-state index in [-0.39, 0.29) is 18.2 Å². The van der Waals surface area contributed by atoms with E-state index in [2.05, 4.69) is 35.2 Å². The highest BCUT2D eigenvalue weighted by Crippen LogP contribution is 2.38. The molecule has 154 valence electrons. The van der Waals surface area contributed by atoms with E-state index in [1.807, 2.05) is 18.2 Å². The third kappa shape index (κ3) is 4.65. The molecule has 0 spiro atoms. The van der Waals surface area contributed by atoms with Crippen LogP contribution in [0.1, 0.15) is 40.7 Å². The van der Waals surface area contributed by atoms with Gasteiger partial charge in [0.15, 0.2) is 17.3 Å². The van der Waals surface area contributed by atoms with Gasteiger partial charge >= 0.3 is 0 Å². The van der Waals surface area contributed by atoms with Crippen molar-refractivity contribution in [3.63, 3.8) is 0 Å². The van der Waals surface area contributed by atoms with Gasteiger partial charge in [-0.2, -0.15) is 0 Å². The molecule has 0 aromatic heterocycles. The smallest absolute Gasteiger partial charge is 0.189 e. The van der Waals surface area contributed by atoms with Crippen molar-refractivity contribution in [2.75, 3.05) is 27.3 Å². The zero-order valence-electron chi connectivity index (χ0n) is 17.0. The number of nitrogens with zero attached hydrogens (tertiary/aromatic N) is 1. The van der Waals surface area contributed by atoms with Crippen molar-refractivity contribution in [3.8, 4) is 11.5 Å². The third-order valence-corrected chi connectivity index (χ3v) is 5.89. The van der Waals surface area contributed by atoms with E-state index in [0.717, 1.165) is 55.6 Å². The van der Waals surface area contributed by atoms with Crippen LogP contribution in [0.15, 0.2) is 48.0 Å². The van der Waals surface area contributed by atoms with Gasteiger partial charge in [0.2, 0.25) is 0 Å². The Labute approximate surface area is 178 Å². The molecule has 2 aromatic rings. The quantitative estimate of drug-likeness (QED) is 0.667. The summed E-state index contributed by atoms with van der Waals surface area (Å²) in [5, 5.41) is 0. The fourth-order valence-corrected chi connectivity index (χ4v) is 4.29. The molecule has 29 heavy (non-hydrogen) atoms. The van der Waals surface area contributed by atoms with E-state index in [1.54, 1.807) is 14.2 Å². The number of ketones is 1. The number of Topliss-reactive ketones (excluding diaryl/α,β-unsaturated/α-hetero) is 1. The first kappa shape index (κ1) is 21.4. The summed E-state index contributed by atoms with van der Waals surface area (Å²) >= 11 is 0. The first-order valence-corrected chi connectivity index (χ1v) is 9.95. The van der Waals surface area contributed by atoms with Crippen LogP contribution < -0.4 is 9.47 Å². The molecule has 2 aliphatic rings. The van der Waals surface area contributed by atoms with Crippen molar-refractivity contribution in [2.24, 2.45) is 5.92 Å². The Hall–Kier alpha value is -2.30. The maximum absolute atomic E-state index is 12.9. The Morgan fingerprint density at radius 1 is 1.00 bits per heavy atom. The Morgan fingerprint density at radius 3 is 2.31 bits per heavy atom. The van der Waals surface area contributed by atoms with Crippen LogP contribution in [0.3, 0.4) is 0 Å². The van der Waals surface area contributed by atoms with Crippen molar-refractivity contribution in [3.05, 3.63) is 64.7 Å². The molecule has 0 saturated carbocycles. The summed E-state index contributed by atoms with van der Waals surface area (Å²) in [5.74, 6) is 1.99. The van der Waals surface area contributed by atoms with Crippen LogP contribution in [0.5, 0.6) is 11.5 Å². The maximum atomic E-state index is 12.9. The first-order valence-electron chi connectivity index (χ1n) is 9.95. The standard InChI is InChI=1S/C24H27NO3.ClH/c1-27-22-14-19-13-20(24(26)21(19)15-23(22)28-2)12-17-8-10-25(11-9-17)16-18-6-4-3-5-7-18;/h3-7,13-15,17H,8-12,16H2,1-2H3;1H. The summed E-state index contributed by atoms with van der Waals surface area (Å²) in [4.78, 5) is 15.4. The Balaban J connectivity index is 0.00000240. The topological polar surface area (TPSA) is 38.8 Å². The number of allylic oxidation sites excluding steroid dienone is 1. The molecule has 4 nitrogen and oxygen atoms in total. The van der Waals surface area contributed by atoms with Crippen LogP contribution in [0.4, 0.5) is 0 Å². The van der Waals surface area contributed by atoms with E-state index in [1.165, 1.54) is 5.56 Å². The molecule has 0 amide bonds. The van der Waals surface area contributed by atoms with Gasteiger partial charge in [0.05, 0.1) is 14.2 Å². The summed E-state index contributed by atoms with van der Waals surface area (Å²) in [6.07, 6.45) is 5.17. The summed E-state index contributed by atoms with van der Waals surface area (Å²) in [6.45, 7) is 3.20. The third-order valence-electron chi connectivity index (χ3n) is 5.89. The van der Waals surface area contributed by atoms with Gasteiger partial charge in [0.25, 0.3) is 0 Å². The first-order chi connectivity index (χ1) is 13.7. The lowest BCUT2D eigenvalue weighted by molar-refractivity contribution is 0.102. The van der Waals surface area contributed by atoms with Gasteiger partial charge in [-0.25, -0.2) is 0 Å². The minimum atomic E-state index is 0. The average Bonchev–Trinajstić information content (AvgIpc) is 3.03. The summed E-state index contributed by atoms with van der Waals surface area (Å²) in [5.41, 5.74) is 3.97. The van der Waals surface area contributed by atoms with Crippen LogP contribution >= 0.6 is 12.4 Å². The number of hydrogen-bond donors (Lipinski definition) is 0. The predicted octanol–water partition coefficient (Wildman–Crippen LogP) is 5.01. The highest BCUT2D eigenvalue weighted by molar-refractivity contribution is 6.18. The Bertz CT molecular complexity index is 886. The average molecular weight is 414 g/mol. The largest absolute Gasteiger partial charge is 0.493 e. The fourth-order valence-electron chi connectivity index (χ4n) is 4.29. The molecule has 0 atom stereocenters. The molecule has 1 aliphatic heterocycles. The van der Waals surface area contributed by atoms with Gasteiger partial charge in [-0.1, -0.05) is 30.3 Å². The van der Waals surface area contributed by atoms with Gasteiger partial charge in [0, 0.05) is 17.7 Å². The maximum Gasteiger partial charge on any atom is 0.189 e. The molecule has 4 rings (SSSR count). The van der Waals surface area contributed by atoms with Crippen LogP contribution in [0, 0.1) is 5.92 Å². The van der Waals surface area contributed by atoms with Crippen molar-refractivity contribution >= 4 is 24.3 Å². The zero-order valence-corrected chi connectivity index (χ0v) is 17.8. The number of ether oxygens (including phenoxy) is 2. The van der Waals surface area contributed by atoms with E-state index in [0.29, 0.717) is 17.4 Å². The van der Waals surface area contributed by atoms with Gasteiger partial charge in [-0.05, 0) is 67.6 Å². The number of benzene rings is 2. The number of carbonyl (C=O) groups is 1. The van der Waals surface area contributed by atoms with E-state index in [9.17, 15) is 4.79 Å². The van der Waals surface area contributed by atoms with E-state index in [4.69, 9.17) is 9.47 Å². The van der Waals surface area contributed by atoms with Crippen LogP contribution in [0.2, 0.25) is 0 Å². The van der Waals surface area contributed by atoms with Crippen molar-refractivity contribution in [1.82, 2.24) is 4.90 Å². The van der Waals surface area contributed by atoms with Crippen molar-refractivity contribution in [1.29, 1.82) is 0 Å². The SMILES string of the molecule is COc1cc2c(cc1OC)C(=O)C(CC1CCN(Cc3ccccc3)CC1)=C2.Cl. The van der Waals surface area contributed by atoms with Crippen LogP contribution in [0.25, 0.3) is 6.08 Å². The molecule has 1 fully saturated rings. The summed E-state index contributed by atoms with van der Waals surface area (Å²) in [7, 11) is 3.22. The fraction of sp³-hybridized carbons (Fsp3) is 0.375. The van der Waals surface area contributed by atoms with Gasteiger partial charge in [0.1, 0.15) is 0 Å². The van der Waals surface area contributed by atoms with Crippen molar-refractivity contribution in [2.45, 2.75) is 25.8 Å². The number of piperidine rings is 1. The molecule has 1 aliphatic carbocycles. The number of hydrogen-bond acceptors (Lipinski definition) is 4. The monoisotopic (exact) mass is 413 g/mol.